The number of ether oxygens (including phenoxy) is 2. The Morgan fingerprint density at radius 3 is 2.41 bits per heavy atom. The molecule has 0 aliphatic carbocycles. The highest BCUT2D eigenvalue weighted by molar-refractivity contribution is 6.30. The fraction of sp³-hybridized carbons (Fsp3) is 0.409. The van der Waals surface area contributed by atoms with Crippen molar-refractivity contribution in [2.75, 3.05) is 13.2 Å². The Kier molecular flexibility index (Phi) is 7.55. The van der Waals surface area contributed by atoms with Gasteiger partial charge in [0.15, 0.2) is 6.10 Å². The van der Waals surface area contributed by atoms with E-state index in [0.29, 0.717) is 30.3 Å². The molecule has 2 aromatic carbocycles. The maximum atomic E-state index is 12.4. The van der Waals surface area contributed by atoms with Crippen LogP contribution in [0.1, 0.15) is 39.7 Å². The summed E-state index contributed by atoms with van der Waals surface area (Å²) in [4.78, 5) is 12.4. The minimum Gasteiger partial charge on any atom is -0.491 e. The highest BCUT2D eigenvalue weighted by atomic mass is 35.5. The van der Waals surface area contributed by atoms with Crippen molar-refractivity contribution < 1.29 is 14.3 Å². The van der Waals surface area contributed by atoms with Crippen LogP contribution in [0, 0.1) is 0 Å². The van der Waals surface area contributed by atoms with E-state index >= 15 is 0 Å². The zero-order chi connectivity index (χ0) is 19.9. The summed E-state index contributed by atoms with van der Waals surface area (Å²) < 4.78 is 11.6. The summed E-state index contributed by atoms with van der Waals surface area (Å²) in [6.07, 6.45) is 0.0235. The molecule has 4 nitrogen and oxygen atoms in total. The SMILES string of the molecule is CCC(Oc1ccc(Cl)cc1)C(=O)NCCOc1ccccc1C(C)(C)C. The highest BCUT2D eigenvalue weighted by Crippen LogP contribution is 2.30. The lowest BCUT2D eigenvalue weighted by Gasteiger charge is -2.23. The lowest BCUT2D eigenvalue weighted by molar-refractivity contribution is -0.128. The number of carbonyl (C=O) groups is 1. The Balaban J connectivity index is 1.84. The van der Waals surface area contributed by atoms with Crippen molar-refractivity contribution in [2.24, 2.45) is 0 Å². The van der Waals surface area contributed by atoms with Crippen molar-refractivity contribution in [3.05, 3.63) is 59.1 Å². The Morgan fingerprint density at radius 1 is 1.11 bits per heavy atom. The molecule has 0 radical (unpaired) electrons. The molecule has 1 N–H and O–H groups in total. The van der Waals surface area contributed by atoms with Gasteiger partial charge >= 0.3 is 0 Å². The molecule has 146 valence electrons. The van der Waals surface area contributed by atoms with Crippen LogP contribution in [0.5, 0.6) is 11.5 Å². The molecule has 0 saturated heterocycles. The number of amides is 1. The van der Waals surface area contributed by atoms with E-state index in [1.54, 1.807) is 24.3 Å². The topological polar surface area (TPSA) is 47.6 Å². The molecule has 0 aliphatic rings. The third-order valence-corrected chi connectivity index (χ3v) is 4.36. The molecule has 27 heavy (non-hydrogen) atoms. The van der Waals surface area contributed by atoms with E-state index in [1.807, 2.05) is 25.1 Å². The first-order valence-corrected chi connectivity index (χ1v) is 9.61. The number of nitrogens with one attached hydrogen (secondary N) is 1. The second kappa shape index (κ2) is 9.65. The van der Waals surface area contributed by atoms with Crippen LogP contribution in [-0.2, 0) is 10.2 Å². The quantitative estimate of drug-likeness (QED) is 0.647. The van der Waals surface area contributed by atoms with Crippen LogP contribution in [-0.4, -0.2) is 25.2 Å². The van der Waals surface area contributed by atoms with E-state index in [4.69, 9.17) is 21.1 Å². The van der Waals surface area contributed by atoms with Gasteiger partial charge in [-0.3, -0.25) is 4.79 Å². The predicted molar refractivity (Wildman–Crippen MR) is 110 cm³/mol. The van der Waals surface area contributed by atoms with Gasteiger partial charge in [0.05, 0.1) is 6.54 Å². The van der Waals surface area contributed by atoms with E-state index in [-0.39, 0.29) is 11.3 Å². The minimum absolute atomic E-state index is 0.000429. The number of benzene rings is 2. The maximum Gasteiger partial charge on any atom is 0.261 e. The summed E-state index contributed by atoms with van der Waals surface area (Å²) in [5, 5.41) is 3.51. The van der Waals surface area contributed by atoms with Gasteiger partial charge in [0, 0.05) is 5.02 Å². The van der Waals surface area contributed by atoms with Gasteiger partial charge in [-0.25, -0.2) is 0 Å². The molecule has 0 heterocycles. The van der Waals surface area contributed by atoms with Crippen molar-refractivity contribution in [3.63, 3.8) is 0 Å². The van der Waals surface area contributed by atoms with Crippen molar-refractivity contribution in [2.45, 2.75) is 45.6 Å². The number of hydrogen-bond donors (Lipinski definition) is 1. The van der Waals surface area contributed by atoms with Crippen molar-refractivity contribution in [3.8, 4) is 11.5 Å². The molecule has 1 atom stereocenters. The largest absolute Gasteiger partial charge is 0.491 e. The number of carbonyl (C=O) groups excluding carboxylic acids is 1. The molecule has 1 amide bonds. The van der Waals surface area contributed by atoms with Gasteiger partial charge in [-0.05, 0) is 47.7 Å². The molecule has 0 fully saturated rings. The van der Waals surface area contributed by atoms with E-state index in [2.05, 4.69) is 32.2 Å². The molecule has 0 spiro atoms. The lowest BCUT2D eigenvalue weighted by Crippen LogP contribution is -2.39. The molecule has 1 unspecified atom stereocenters. The van der Waals surface area contributed by atoms with Crippen LogP contribution in [0.15, 0.2) is 48.5 Å². The summed E-state index contributed by atoms with van der Waals surface area (Å²) in [6.45, 7) is 9.18. The van der Waals surface area contributed by atoms with Crippen molar-refractivity contribution in [1.29, 1.82) is 0 Å². The van der Waals surface area contributed by atoms with Gasteiger partial charge in [-0.1, -0.05) is 57.5 Å². The molecular weight excluding hydrogens is 362 g/mol. The zero-order valence-corrected chi connectivity index (χ0v) is 17.2. The summed E-state index contributed by atoms with van der Waals surface area (Å²) in [7, 11) is 0. The molecule has 2 rings (SSSR count). The third-order valence-electron chi connectivity index (χ3n) is 4.11. The van der Waals surface area contributed by atoms with E-state index in [1.165, 1.54) is 0 Å². The monoisotopic (exact) mass is 389 g/mol. The van der Waals surface area contributed by atoms with Gasteiger partial charge in [0.2, 0.25) is 0 Å². The average Bonchev–Trinajstić information content (AvgIpc) is 2.64. The summed E-state index contributed by atoms with van der Waals surface area (Å²) in [5.41, 5.74) is 1.15. The van der Waals surface area contributed by atoms with Crippen molar-refractivity contribution in [1.82, 2.24) is 5.32 Å². The number of hydrogen-bond acceptors (Lipinski definition) is 3. The number of halogens is 1. The Hall–Kier alpha value is -2.20. The molecule has 0 aromatic heterocycles. The average molecular weight is 390 g/mol. The Labute approximate surface area is 166 Å². The standard InChI is InChI=1S/C22H28ClNO3/c1-5-19(27-17-12-10-16(23)11-13-17)21(25)24-14-15-26-20-9-7-6-8-18(20)22(2,3)4/h6-13,19H,5,14-15H2,1-4H3,(H,24,25). The normalized spacial score (nSPS) is 12.3. The fourth-order valence-corrected chi connectivity index (χ4v) is 2.79. The van der Waals surface area contributed by atoms with Crippen LogP contribution < -0.4 is 14.8 Å². The first-order chi connectivity index (χ1) is 12.8. The molecular formula is C22H28ClNO3. The van der Waals surface area contributed by atoms with Gasteiger partial charge in [-0.2, -0.15) is 0 Å². The summed E-state index contributed by atoms with van der Waals surface area (Å²) in [6, 6.07) is 15.0. The van der Waals surface area contributed by atoms with Gasteiger partial charge in [-0.15, -0.1) is 0 Å². The van der Waals surface area contributed by atoms with E-state index in [0.717, 1.165) is 11.3 Å². The molecule has 0 aliphatic heterocycles. The zero-order valence-electron chi connectivity index (χ0n) is 16.4. The Morgan fingerprint density at radius 2 is 1.78 bits per heavy atom. The number of rotatable bonds is 8. The van der Waals surface area contributed by atoms with Gasteiger partial charge < -0.3 is 14.8 Å². The third kappa shape index (κ3) is 6.47. The first-order valence-electron chi connectivity index (χ1n) is 9.23. The van der Waals surface area contributed by atoms with Gasteiger partial charge in [0.25, 0.3) is 5.91 Å². The molecule has 2 aromatic rings. The molecule has 0 bridgehead atoms. The summed E-state index contributed by atoms with van der Waals surface area (Å²) >= 11 is 5.87. The maximum absolute atomic E-state index is 12.4. The second-order valence-electron chi connectivity index (χ2n) is 7.35. The fourth-order valence-electron chi connectivity index (χ4n) is 2.66. The highest BCUT2D eigenvalue weighted by Gasteiger charge is 2.19. The molecule has 5 heteroatoms. The van der Waals surface area contributed by atoms with Crippen LogP contribution in [0.3, 0.4) is 0 Å². The Bertz CT molecular complexity index is 738. The van der Waals surface area contributed by atoms with Crippen LogP contribution in [0.4, 0.5) is 0 Å². The van der Waals surface area contributed by atoms with Gasteiger partial charge in [0.1, 0.15) is 18.1 Å². The van der Waals surface area contributed by atoms with E-state index < -0.39 is 6.10 Å². The van der Waals surface area contributed by atoms with Crippen molar-refractivity contribution >= 4 is 17.5 Å². The summed E-state index contributed by atoms with van der Waals surface area (Å²) in [5.74, 6) is 1.32. The smallest absolute Gasteiger partial charge is 0.261 e. The lowest BCUT2D eigenvalue weighted by atomic mass is 9.86. The van der Waals surface area contributed by atoms with E-state index in [9.17, 15) is 4.79 Å². The van der Waals surface area contributed by atoms with Crippen LogP contribution in [0.2, 0.25) is 5.02 Å². The van der Waals surface area contributed by atoms with Crippen LogP contribution in [0.25, 0.3) is 0 Å². The minimum atomic E-state index is -0.548. The molecule has 0 saturated carbocycles. The first kappa shape index (κ1) is 21.1. The van der Waals surface area contributed by atoms with Crippen LogP contribution >= 0.6 is 11.6 Å². The second-order valence-corrected chi connectivity index (χ2v) is 7.79. The predicted octanol–water partition coefficient (Wildman–Crippen LogP) is 4.99. The number of para-hydroxylation sites is 1.